The average Bonchev–Trinajstić information content (AvgIpc) is 3.19. The molecule has 1 aromatic heterocycles. The summed E-state index contributed by atoms with van der Waals surface area (Å²) in [6.07, 6.45) is 0. The van der Waals surface area contributed by atoms with Crippen LogP contribution in [0.15, 0.2) is 39.9 Å². The number of hydrogen-bond acceptors (Lipinski definition) is 8. The number of fused-ring (bicyclic) bond motifs is 1. The minimum atomic E-state index is -1.16. The summed E-state index contributed by atoms with van der Waals surface area (Å²) in [7, 11) is 0. The van der Waals surface area contributed by atoms with Crippen molar-refractivity contribution >= 4 is 64.4 Å². The Hall–Kier alpha value is -2.28. The van der Waals surface area contributed by atoms with Crippen molar-refractivity contribution < 1.29 is 19.5 Å². The molecule has 0 spiro atoms. The second-order valence-electron chi connectivity index (χ2n) is 6.94. The summed E-state index contributed by atoms with van der Waals surface area (Å²) >= 11 is 10.3. The first kappa shape index (κ1) is 22.9. The molecule has 4 rings (SSSR count). The highest BCUT2D eigenvalue weighted by molar-refractivity contribution is 8.01. The molecule has 168 valence electrons. The SMILES string of the molecule is Cc1nnc(SCC2=C(C(=O)O)N3C(=O)C(NC(=O)NCc4ccccc4Cl)[C@H]3SC2)s1. The summed E-state index contributed by atoms with van der Waals surface area (Å²) in [6, 6.07) is 5.82. The van der Waals surface area contributed by atoms with Gasteiger partial charge < -0.3 is 15.7 Å². The third kappa shape index (κ3) is 4.72. The van der Waals surface area contributed by atoms with Crippen LogP contribution in [0.1, 0.15) is 10.6 Å². The number of carboxylic acid groups (broad SMARTS) is 1. The Kier molecular flexibility index (Phi) is 6.93. The molecule has 1 saturated heterocycles. The topological polar surface area (TPSA) is 125 Å². The Morgan fingerprint density at radius 1 is 1.34 bits per heavy atom. The van der Waals surface area contributed by atoms with E-state index in [0.717, 1.165) is 14.9 Å². The van der Waals surface area contributed by atoms with E-state index in [-0.39, 0.29) is 12.2 Å². The molecule has 0 radical (unpaired) electrons. The fourth-order valence-corrected chi connectivity index (χ4v) is 6.79. The normalized spacial score (nSPS) is 19.9. The average molecular weight is 512 g/mol. The Balaban J connectivity index is 1.38. The van der Waals surface area contributed by atoms with E-state index in [4.69, 9.17) is 11.6 Å². The number of benzene rings is 1. The van der Waals surface area contributed by atoms with E-state index < -0.39 is 29.3 Å². The molecule has 9 nitrogen and oxygen atoms in total. The molecule has 0 aliphatic carbocycles. The molecule has 1 unspecified atom stereocenters. The molecule has 1 aromatic carbocycles. The molecule has 3 N–H and O–H groups in total. The Morgan fingerprint density at radius 2 is 2.12 bits per heavy atom. The van der Waals surface area contributed by atoms with E-state index in [1.54, 1.807) is 18.2 Å². The van der Waals surface area contributed by atoms with Crippen LogP contribution in [0.25, 0.3) is 0 Å². The smallest absolute Gasteiger partial charge is 0.352 e. The van der Waals surface area contributed by atoms with Crippen LogP contribution in [0.3, 0.4) is 0 Å². The van der Waals surface area contributed by atoms with E-state index in [2.05, 4.69) is 20.8 Å². The number of urea groups is 1. The molecule has 2 aliphatic rings. The van der Waals surface area contributed by atoms with Gasteiger partial charge in [-0.1, -0.05) is 52.9 Å². The van der Waals surface area contributed by atoms with Crippen molar-refractivity contribution in [2.45, 2.75) is 29.2 Å². The molecule has 2 aliphatic heterocycles. The highest BCUT2D eigenvalue weighted by atomic mass is 35.5. The molecule has 13 heteroatoms. The van der Waals surface area contributed by atoms with Gasteiger partial charge in [-0.3, -0.25) is 9.69 Å². The summed E-state index contributed by atoms with van der Waals surface area (Å²) < 4.78 is 0.747. The van der Waals surface area contributed by atoms with Crippen LogP contribution >= 0.6 is 46.5 Å². The lowest BCUT2D eigenvalue weighted by Gasteiger charge is -2.49. The molecule has 32 heavy (non-hydrogen) atoms. The minimum Gasteiger partial charge on any atom is -0.477 e. The standard InChI is InChI=1S/C19H18ClN5O4S3/c1-9-23-24-19(32-9)31-8-11-7-30-16-13(15(26)25(16)14(11)17(27)28)22-18(29)21-6-10-4-2-3-5-12(10)20/h2-5,13,16H,6-8H2,1H3,(H,27,28)(H2,21,22,29)/t13?,16-/m1/s1. The van der Waals surface area contributed by atoms with E-state index >= 15 is 0 Å². The second-order valence-corrected chi connectivity index (χ2v) is 10.9. The summed E-state index contributed by atoms with van der Waals surface area (Å²) in [6.45, 7) is 2.06. The van der Waals surface area contributed by atoms with Gasteiger partial charge in [0.2, 0.25) is 0 Å². The van der Waals surface area contributed by atoms with Gasteiger partial charge in [0.05, 0.1) is 0 Å². The van der Waals surface area contributed by atoms with Gasteiger partial charge in [-0.15, -0.1) is 22.0 Å². The lowest BCUT2D eigenvalue weighted by atomic mass is 10.0. The maximum Gasteiger partial charge on any atom is 0.352 e. The summed E-state index contributed by atoms with van der Waals surface area (Å²) in [5, 5.41) is 24.0. The summed E-state index contributed by atoms with van der Waals surface area (Å²) in [5.74, 6) is -0.757. The van der Waals surface area contributed by atoms with Crippen molar-refractivity contribution in [1.29, 1.82) is 0 Å². The number of nitrogens with one attached hydrogen (secondary N) is 2. The van der Waals surface area contributed by atoms with Gasteiger partial charge in [0.1, 0.15) is 22.1 Å². The van der Waals surface area contributed by atoms with Gasteiger partial charge in [-0.2, -0.15) is 0 Å². The zero-order valence-corrected chi connectivity index (χ0v) is 19.9. The highest BCUT2D eigenvalue weighted by Gasteiger charge is 2.54. The zero-order chi connectivity index (χ0) is 22.8. The van der Waals surface area contributed by atoms with Gasteiger partial charge in [0.15, 0.2) is 4.34 Å². The first-order chi connectivity index (χ1) is 15.3. The van der Waals surface area contributed by atoms with Crippen molar-refractivity contribution in [2.24, 2.45) is 0 Å². The van der Waals surface area contributed by atoms with Crippen LogP contribution in [-0.2, 0) is 16.1 Å². The number of carbonyl (C=O) groups is 3. The molecule has 2 atom stereocenters. The Labute approximate surface area is 201 Å². The second kappa shape index (κ2) is 9.69. The predicted octanol–water partition coefficient (Wildman–Crippen LogP) is 2.71. The maximum absolute atomic E-state index is 12.7. The number of nitrogens with zero attached hydrogens (tertiary/aromatic N) is 3. The van der Waals surface area contributed by atoms with Crippen molar-refractivity contribution in [3.63, 3.8) is 0 Å². The molecule has 2 aromatic rings. The van der Waals surface area contributed by atoms with Crippen LogP contribution in [-0.4, -0.2) is 61.0 Å². The largest absolute Gasteiger partial charge is 0.477 e. The quantitative estimate of drug-likeness (QED) is 0.383. The number of aryl methyl sites for hydroxylation is 1. The minimum absolute atomic E-state index is 0.0120. The monoisotopic (exact) mass is 511 g/mol. The number of rotatable bonds is 7. The molecular formula is C19H18ClN5O4S3. The number of aromatic nitrogens is 2. The van der Waals surface area contributed by atoms with E-state index in [9.17, 15) is 19.5 Å². The van der Waals surface area contributed by atoms with Gasteiger partial charge in [-0.25, -0.2) is 9.59 Å². The number of carbonyl (C=O) groups excluding carboxylic acids is 2. The fourth-order valence-electron chi connectivity index (χ4n) is 3.29. The van der Waals surface area contributed by atoms with Crippen LogP contribution in [0, 0.1) is 6.92 Å². The van der Waals surface area contributed by atoms with Crippen molar-refractivity contribution in [1.82, 2.24) is 25.7 Å². The van der Waals surface area contributed by atoms with Crippen molar-refractivity contribution in [2.75, 3.05) is 11.5 Å². The van der Waals surface area contributed by atoms with Gasteiger partial charge in [0, 0.05) is 23.1 Å². The lowest BCUT2D eigenvalue weighted by molar-refractivity contribution is -0.148. The predicted molar refractivity (Wildman–Crippen MR) is 124 cm³/mol. The number of β-lactam (4-membered cyclic amide) rings is 1. The molecule has 1 fully saturated rings. The van der Waals surface area contributed by atoms with Crippen molar-refractivity contribution in [3.05, 3.63) is 51.1 Å². The number of hydrogen-bond donors (Lipinski definition) is 3. The molecule has 3 heterocycles. The number of aliphatic carboxylic acids is 1. The van der Waals surface area contributed by atoms with Crippen LogP contribution in [0.4, 0.5) is 4.79 Å². The summed E-state index contributed by atoms with van der Waals surface area (Å²) in [5.41, 5.74) is 1.38. The first-order valence-electron chi connectivity index (χ1n) is 9.46. The van der Waals surface area contributed by atoms with Gasteiger partial charge >= 0.3 is 12.0 Å². The number of thioether (sulfide) groups is 2. The van der Waals surface area contributed by atoms with E-state index in [0.29, 0.717) is 22.1 Å². The van der Waals surface area contributed by atoms with E-state index in [1.165, 1.54) is 39.8 Å². The fraction of sp³-hybridized carbons (Fsp3) is 0.316. The number of carboxylic acids is 1. The Bertz CT molecular complexity index is 1110. The van der Waals surface area contributed by atoms with Crippen molar-refractivity contribution in [3.8, 4) is 0 Å². The van der Waals surface area contributed by atoms with Crippen LogP contribution in [0.5, 0.6) is 0 Å². The van der Waals surface area contributed by atoms with Gasteiger partial charge in [-0.05, 0) is 24.1 Å². The number of halogens is 1. The highest BCUT2D eigenvalue weighted by Crippen LogP contribution is 2.41. The molecule has 3 amide bonds. The maximum atomic E-state index is 12.7. The summed E-state index contributed by atoms with van der Waals surface area (Å²) in [4.78, 5) is 38.2. The third-order valence-corrected chi connectivity index (χ3v) is 8.58. The third-order valence-electron chi connectivity index (χ3n) is 4.81. The van der Waals surface area contributed by atoms with Gasteiger partial charge in [0.25, 0.3) is 5.91 Å². The molecular weight excluding hydrogens is 494 g/mol. The Morgan fingerprint density at radius 3 is 2.81 bits per heavy atom. The first-order valence-corrected chi connectivity index (χ1v) is 12.7. The number of amides is 3. The lowest BCUT2D eigenvalue weighted by Crippen LogP contribution is -2.71. The molecule has 0 bridgehead atoms. The van der Waals surface area contributed by atoms with Crippen LogP contribution in [0.2, 0.25) is 5.02 Å². The van der Waals surface area contributed by atoms with Crippen LogP contribution < -0.4 is 10.6 Å². The zero-order valence-electron chi connectivity index (χ0n) is 16.7. The molecule has 0 saturated carbocycles. The van der Waals surface area contributed by atoms with E-state index in [1.807, 2.05) is 13.0 Å².